The molecule has 0 saturated heterocycles. The minimum absolute atomic E-state index is 0.0366. The third kappa shape index (κ3) is 6.48. The number of carbonyl (C=O) groups is 2. The van der Waals surface area contributed by atoms with Crippen molar-refractivity contribution in [3.8, 4) is 22.3 Å². The van der Waals surface area contributed by atoms with Gasteiger partial charge >= 0.3 is 5.97 Å². The largest absolute Gasteiger partial charge is 0.481 e. The summed E-state index contributed by atoms with van der Waals surface area (Å²) in [5.74, 6) is -1.26. The highest BCUT2D eigenvalue weighted by Crippen LogP contribution is 2.27. The number of benzene rings is 3. The number of sulfone groups is 1. The molecular weight excluding hydrogens is 488 g/mol. The minimum atomic E-state index is -3.44. The SMILES string of the molecule is Cc1ccc(C(=O)NCc2cc(-c3cccc(-c4cccc(CC(=O)O)c4)c3)ccn2)cc1S(C)(=O)=O. The van der Waals surface area contributed by atoms with Crippen molar-refractivity contribution < 1.29 is 23.1 Å². The number of nitrogens with zero attached hydrogens (tertiary/aromatic N) is 1. The molecule has 1 amide bonds. The van der Waals surface area contributed by atoms with Gasteiger partial charge in [-0.15, -0.1) is 0 Å². The third-order valence-corrected chi connectivity index (χ3v) is 7.15. The highest BCUT2D eigenvalue weighted by Gasteiger charge is 2.15. The first-order valence-corrected chi connectivity index (χ1v) is 13.4. The zero-order valence-electron chi connectivity index (χ0n) is 20.4. The Balaban J connectivity index is 1.52. The normalized spacial score (nSPS) is 11.2. The van der Waals surface area contributed by atoms with Crippen LogP contribution in [-0.2, 0) is 27.6 Å². The maximum absolute atomic E-state index is 12.7. The second-order valence-electron chi connectivity index (χ2n) is 8.82. The first-order chi connectivity index (χ1) is 17.6. The quantitative estimate of drug-likeness (QED) is 0.353. The van der Waals surface area contributed by atoms with Crippen LogP contribution in [0.5, 0.6) is 0 Å². The molecule has 0 spiro atoms. The zero-order chi connectivity index (χ0) is 26.6. The standard InChI is InChI=1S/C29H26N2O5S/c1-19-9-10-25(17-27(19)37(2,35)36)29(34)31-18-26-16-24(11-12-30-26)23-8-4-7-22(15-23)21-6-3-5-20(13-21)14-28(32)33/h3-13,15-17H,14,18H2,1-2H3,(H,31,34)(H,32,33). The Kier molecular flexibility index (Phi) is 7.50. The summed E-state index contributed by atoms with van der Waals surface area (Å²) >= 11 is 0. The van der Waals surface area contributed by atoms with Crippen molar-refractivity contribution in [1.82, 2.24) is 10.3 Å². The Bertz CT molecular complexity index is 1600. The molecular formula is C29H26N2O5S. The minimum Gasteiger partial charge on any atom is -0.481 e. The van der Waals surface area contributed by atoms with Crippen LogP contribution in [0.25, 0.3) is 22.3 Å². The molecule has 1 heterocycles. The number of pyridine rings is 1. The molecule has 2 N–H and O–H groups in total. The second kappa shape index (κ2) is 10.8. The maximum atomic E-state index is 12.7. The molecule has 37 heavy (non-hydrogen) atoms. The number of hydrogen-bond acceptors (Lipinski definition) is 5. The van der Waals surface area contributed by atoms with E-state index in [0.29, 0.717) is 11.3 Å². The topological polar surface area (TPSA) is 113 Å². The molecule has 7 nitrogen and oxygen atoms in total. The summed E-state index contributed by atoms with van der Waals surface area (Å²) in [6.45, 7) is 1.86. The predicted molar refractivity (Wildman–Crippen MR) is 142 cm³/mol. The molecule has 8 heteroatoms. The van der Waals surface area contributed by atoms with Gasteiger partial charge in [-0.1, -0.05) is 48.5 Å². The van der Waals surface area contributed by atoms with Crippen LogP contribution in [0.15, 0.2) is 90.0 Å². The van der Waals surface area contributed by atoms with Gasteiger partial charge in [0.2, 0.25) is 0 Å². The molecule has 1 aromatic heterocycles. The molecule has 0 unspecified atom stereocenters. The Morgan fingerprint density at radius 1 is 0.865 bits per heavy atom. The van der Waals surface area contributed by atoms with Crippen LogP contribution in [0.4, 0.5) is 0 Å². The van der Waals surface area contributed by atoms with Crippen molar-refractivity contribution in [1.29, 1.82) is 0 Å². The lowest BCUT2D eigenvalue weighted by Gasteiger charge is -2.10. The molecule has 0 aliphatic heterocycles. The van der Waals surface area contributed by atoms with Gasteiger partial charge < -0.3 is 10.4 Å². The molecule has 0 saturated carbocycles. The van der Waals surface area contributed by atoms with Crippen LogP contribution in [-0.4, -0.2) is 36.6 Å². The first kappa shape index (κ1) is 25.8. The van der Waals surface area contributed by atoms with Crippen molar-refractivity contribution in [3.05, 3.63) is 107 Å². The fraction of sp³-hybridized carbons (Fsp3) is 0.138. The van der Waals surface area contributed by atoms with Crippen LogP contribution in [0.1, 0.15) is 27.2 Å². The van der Waals surface area contributed by atoms with E-state index in [2.05, 4.69) is 10.3 Å². The van der Waals surface area contributed by atoms with Crippen molar-refractivity contribution in [2.24, 2.45) is 0 Å². The number of aromatic nitrogens is 1. The van der Waals surface area contributed by atoms with Gasteiger partial charge in [-0.2, -0.15) is 0 Å². The molecule has 0 aliphatic carbocycles. The maximum Gasteiger partial charge on any atom is 0.307 e. The third-order valence-electron chi connectivity index (χ3n) is 5.91. The van der Waals surface area contributed by atoms with E-state index in [1.165, 1.54) is 6.07 Å². The molecule has 0 radical (unpaired) electrons. The fourth-order valence-electron chi connectivity index (χ4n) is 4.08. The summed E-state index contributed by atoms with van der Waals surface area (Å²) in [6.07, 6.45) is 2.75. The molecule has 0 atom stereocenters. The average Bonchev–Trinajstić information content (AvgIpc) is 2.87. The molecule has 0 aliphatic rings. The van der Waals surface area contributed by atoms with E-state index in [1.54, 1.807) is 31.3 Å². The van der Waals surface area contributed by atoms with Gasteiger partial charge in [-0.25, -0.2) is 8.42 Å². The van der Waals surface area contributed by atoms with Crippen LogP contribution >= 0.6 is 0 Å². The lowest BCUT2D eigenvalue weighted by Crippen LogP contribution is -2.23. The second-order valence-corrected chi connectivity index (χ2v) is 10.8. The monoisotopic (exact) mass is 514 g/mol. The highest BCUT2D eigenvalue weighted by molar-refractivity contribution is 7.90. The van der Waals surface area contributed by atoms with Crippen LogP contribution in [0.3, 0.4) is 0 Å². The molecule has 0 bridgehead atoms. The molecule has 0 fully saturated rings. The Labute approximate surface area is 215 Å². The van der Waals surface area contributed by atoms with Crippen LogP contribution < -0.4 is 5.32 Å². The van der Waals surface area contributed by atoms with Crippen molar-refractivity contribution in [2.75, 3.05) is 6.26 Å². The van der Waals surface area contributed by atoms with Gasteiger partial charge in [-0.05, 0) is 70.6 Å². The zero-order valence-corrected chi connectivity index (χ0v) is 21.2. The van der Waals surface area contributed by atoms with E-state index in [-0.39, 0.29) is 29.3 Å². The van der Waals surface area contributed by atoms with Crippen LogP contribution in [0, 0.1) is 6.92 Å². The lowest BCUT2D eigenvalue weighted by molar-refractivity contribution is -0.136. The predicted octanol–water partition coefficient (Wildman–Crippen LogP) is 4.68. The van der Waals surface area contributed by atoms with E-state index < -0.39 is 15.8 Å². The molecule has 188 valence electrons. The Morgan fingerprint density at radius 3 is 2.19 bits per heavy atom. The number of rotatable bonds is 8. The molecule has 4 rings (SSSR count). The summed E-state index contributed by atoms with van der Waals surface area (Å²) in [5.41, 5.74) is 5.98. The van der Waals surface area contributed by atoms with E-state index >= 15 is 0 Å². The van der Waals surface area contributed by atoms with E-state index in [4.69, 9.17) is 5.11 Å². The summed E-state index contributed by atoms with van der Waals surface area (Å²) in [4.78, 5) is 28.3. The Morgan fingerprint density at radius 2 is 1.51 bits per heavy atom. The molecule has 3 aromatic carbocycles. The van der Waals surface area contributed by atoms with E-state index in [1.807, 2.05) is 54.6 Å². The Hall–Kier alpha value is -4.30. The number of aryl methyl sites for hydroxylation is 1. The summed E-state index contributed by atoms with van der Waals surface area (Å²) in [7, 11) is -3.44. The number of nitrogens with one attached hydrogen (secondary N) is 1. The fourth-order valence-corrected chi connectivity index (χ4v) is 5.08. The summed E-state index contributed by atoms with van der Waals surface area (Å²) in [6, 6.07) is 23.7. The number of amides is 1. The summed E-state index contributed by atoms with van der Waals surface area (Å²) in [5, 5.41) is 11.9. The van der Waals surface area contributed by atoms with Crippen molar-refractivity contribution >= 4 is 21.7 Å². The first-order valence-electron chi connectivity index (χ1n) is 11.6. The number of carboxylic acid groups (broad SMARTS) is 1. The number of carboxylic acids is 1. The van der Waals surface area contributed by atoms with E-state index in [9.17, 15) is 18.0 Å². The summed E-state index contributed by atoms with van der Waals surface area (Å²) < 4.78 is 24.0. The van der Waals surface area contributed by atoms with Crippen LogP contribution in [0.2, 0.25) is 0 Å². The van der Waals surface area contributed by atoms with E-state index in [0.717, 1.165) is 34.1 Å². The molecule has 4 aromatic rings. The van der Waals surface area contributed by atoms with Gasteiger partial charge in [0, 0.05) is 18.0 Å². The van der Waals surface area contributed by atoms with Gasteiger partial charge in [0.15, 0.2) is 9.84 Å². The number of carbonyl (C=O) groups excluding carboxylic acids is 1. The van der Waals surface area contributed by atoms with Gasteiger partial charge in [0.05, 0.1) is 23.6 Å². The van der Waals surface area contributed by atoms with Crippen molar-refractivity contribution in [2.45, 2.75) is 24.8 Å². The number of aliphatic carboxylic acids is 1. The lowest BCUT2D eigenvalue weighted by atomic mass is 9.97. The van der Waals surface area contributed by atoms with Crippen molar-refractivity contribution in [3.63, 3.8) is 0 Å². The smallest absolute Gasteiger partial charge is 0.307 e. The highest BCUT2D eigenvalue weighted by atomic mass is 32.2. The number of hydrogen-bond donors (Lipinski definition) is 2. The van der Waals surface area contributed by atoms with Gasteiger partial charge in [0.1, 0.15) is 0 Å². The van der Waals surface area contributed by atoms with Gasteiger partial charge in [0.25, 0.3) is 5.91 Å². The average molecular weight is 515 g/mol. The van der Waals surface area contributed by atoms with Gasteiger partial charge in [-0.3, -0.25) is 14.6 Å².